The third kappa shape index (κ3) is 7.88. The van der Waals surface area contributed by atoms with Crippen LogP contribution in [0.5, 0.6) is 11.5 Å². The Morgan fingerprint density at radius 3 is 2.48 bits per heavy atom. The topological polar surface area (TPSA) is 56.8 Å². The number of nitrogens with one attached hydrogen (secondary N) is 1. The van der Waals surface area contributed by atoms with Crippen molar-refractivity contribution in [2.45, 2.75) is 39.5 Å². The molecule has 5 heteroatoms. The van der Waals surface area contributed by atoms with Crippen molar-refractivity contribution in [2.24, 2.45) is 0 Å². The molecule has 1 N–H and O–H groups in total. The summed E-state index contributed by atoms with van der Waals surface area (Å²) >= 11 is 0. The van der Waals surface area contributed by atoms with Crippen LogP contribution >= 0.6 is 0 Å². The highest BCUT2D eigenvalue weighted by Crippen LogP contribution is 2.28. The van der Waals surface area contributed by atoms with Gasteiger partial charge in [-0.1, -0.05) is 6.07 Å². The molecule has 0 bridgehead atoms. The molecule has 0 fully saturated rings. The van der Waals surface area contributed by atoms with Gasteiger partial charge in [0.2, 0.25) is 0 Å². The zero-order chi connectivity index (χ0) is 16.9. The molecular formula is C18H29NO4. The minimum absolute atomic E-state index is 0.136. The normalized spacial score (nSPS) is 10.4. The summed E-state index contributed by atoms with van der Waals surface area (Å²) in [4.78, 5) is 11.0. The Labute approximate surface area is 139 Å². The molecule has 0 aliphatic heterocycles. The van der Waals surface area contributed by atoms with Crippen molar-refractivity contribution in [3.05, 3.63) is 23.8 Å². The van der Waals surface area contributed by atoms with Crippen LogP contribution in [-0.4, -0.2) is 39.4 Å². The van der Waals surface area contributed by atoms with E-state index in [0.29, 0.717) is 19.6 Å². The first-order valence-electron chi connectivity index (χ1n) is 8.37. The lowest BCUT2D eigenvalue weighted by Gasteiger charge is -2.12. The van der Waals surface area contributed by atoms with Crippen LogP contribution in [0.1, 0.15) is 38.7 Å². The number of hydrogen-bond acceptors (Lipinski definition) is 5. The number of esters is 1. The molecule has 0 aromatic heterocycles. The summed E-state index contributed by atoms with van der Waals surface area (Å²) < 4.78 is 15.8. The predicted octanol–water partition coefficient (Wildman–Crippen LogP) is 2.96. The van der Waals surface area contributed by atoms with E-state index < -0.39 is 0 Å². The van der Waals surface area contributed by atoms with Crippen molar-refractivity contribution in [2.75, 3.05) is 33.4 Å². The molecule has 0 radical (unpaired) electrons. The lowest BCUT2D eigenvalue weighted by atomic mass is 10.1. The maximum atomic E-state index is 11.0. The monoisotopic (exact) mass is 323 g/mol. The van der Waals surface area contributed by atoms with Crippen LogP contribution in [0.2, 0.25) is 0 Å². The lowest BCUT2D eigenvalue weighted by molar-refractivity contribution is -0.140. The summed E-state index contributed by atoms with van der Waals surface area (Å²) in [6, 6.07) is 6.10. The van der Waals surface area contributed by atoms with Crippen LogP contribution in [0.3, 0.4) is 0 Å². The van der Waals surface area contributed by atoms with Crippen LogP contribution < -0.4 is 14.8 Å². The van der Waals surface area contributed by atoms with Crippen LogP contribution in [0.25, 0.3) is 0 Å². The maximum Gasteiger partial charge on any atom is 0.305 e. The van der Waals surface area contributed by atoms with Crippen molar-refractivity contribution in [1.82, 2.24) is 5.32 Å². The number of rotatable bonds is 12. The van der Waals surface area contributed by atoms with E-state index in [2.05, 4.69) is 16.1 Å². The molecule has 0 saturated heterocycles. The highest BCUT2D eigenvalue weighted by molar-refractivity contribution is 5.68. The first-order valence-corrected chi connectivity index (χ1v) is 8.37. The molecule has 0 atom stereocenters. The maximum absolute atomic E-state index is 11.0. The van der Waals surface area contributed by atoms with E-state index in [1.807, 2.05) is 26.0 Å². The second kappa shape index (κ2) is 11.8. The van der Waals surface area contributed by atoms with E-state index in [0.717, 1.165) is 43.9 Å². The van der Waals surface area contributed by atoms with Crippen LogP contribution in [0.15, 0.2) is 18.2 Å². The quantitative estimate of drug-likeness (QED) is 0.473. The lowest BCUT2D eigenvalue weighted by Crippen LogP contribution is -2.18. The van der Waals surface area contributed by atoms with Crippen molar-refractivity contribution < 1.29 is 19.0 Å². The van der Waals surface area contributed by atoms with Gasteiger partial charge in [0.15, 0.2) is 11.5 Å². The second-order valence-corrected chi connectivity index (χ2v) is 5.18. The molecule has 1 rings (SSSR count). The Bertz CT molecular complexity index is 462. The molecule has 0 spiro atoms. The zero-order valence-electron chi connectivity index (χ0n) is 14.5. The van der Waals surface area contributed by atoms with E-state index in [4.69, 9.17) is 9.47 Å². The predicted molar refractivity (Wildman–Crippen MR) is 91.2 cm³/mol. The van der Waals surface area contributed by atoms with E-state index in [-0.39, 0.29) is 5.97 Å². The molecule has 1 aromatic carbocycles. The zero-order valence-corrected chi connectivity index (χ0v) is 14.5. The summed E-state index contributed by atoms with van der Waals surface area (Å²) in [5.74, 6) is 1.47. The van der Waals surface area contributed by atoms with Crippen molar-refractivity contribution >= 4 is 5.97 Å². The van der Waals surface area contributed by atoms with Crippen molar-refractivity contribution in [3.8, 4) is 11.5 Å². The SMILES string of the molecule is CCOc1ccc(CCNCCCCC(=O)OC)cc1OCC. The van der Waals surface area contributed by atoms with Gasteiger partial charge in [0.1, 0.15) is 0 Å². The Morgan fingerprint density at radius 1 is 1.04 bits per heavy atom. The number of benzene rings is 1. The molecular weight excluding hydrogens is 294 g/mol. The molecule has 5 nitrogen and oxygen atoms in total. The summed E-state index contributed by atoms with van der Waals surface area (Å²) in [6.45, 7) is 7.00. The van der Waals surface area contributed by atoms with Gasteiger partial charge in [-0.25, -0.2) is 0 Å². The van der Waals surface area contributed by atoms with Gasteiger partial charge in [-0.15, -0.1) is 0 Å². The number of carbonyl (C=O) groups is 1. The van der Waals surface area contributed by atoms with Crippen LogP contribution in [0, 0.1) is 0 Å². The highest BCUT2D eigenvalue weighted by atomic mass is 16.5. The van der Waals surface area contributed by atoms with E-state index in [1.165, 1.54) is 12.7 Å². The smallest absolute Gasteiger partial charge is 0.305 e. The molecule has 0 aliphatic carbocycles. The average Bonchev–Trinajstić information content (AvgIpc) is 2.56. The minimum atomic E-state index is -0.136. The number of unbranched alkanes of at least 4 members (excludes halogenated alkanes) is 1. The van der Waals surface area contributed by atoms with Gasteiger partial charge < -0.3 is 19.5 Å². The fourth-order valence-corrected chi connectivity index (χ4v) is 2.23. The summed E-state index contributed by atoms with van der Waals surface area (Å²) in [6.07, 6.45) is 3.26. The van der Waals surface area contributed by atoms with Crippen LogP contribution in [0.4, 0.5) is 0 Å². The first-order chi connectivity index (χ1) is 11.2. The highest BCUT2D eigenvalue weighted by Gasteiger charge is 2.06. The number of hydrogen-bond donors (Lipinski definition) is 1. The van der Waals surface area contributed by atoms with Gasteiger partial charge in [0, 0.05) is 6.42 Å². The molecule has 0 saturated carbocycles. The van der Waals surface area contributed by atoms with Gasteiger partial charge in [-0.3, -0.25) is 4.79 Å². The van der Waals surface area contributed by atoms with Gasteiger partial charge >= 0.3 is 5.97 Å². The molecule has 130 valence electrons. The fraction of sp³-hybridized carbons (Fsp3) is 0.611. The molecule has 0 amide bonds. The Hall–Kier alpha value is -1.75. The van der Waals surface area contributed by atoms with Crippen LogP contribution in [-0.2, 0) is 16.0 Å². The third-order valence-electron chi connectivity index (χ3n) is 3.41. The van der Waals surface area contributed by atoms with E-state index >= 15 is 0 Å². The number of carbonyl (C=O) groups excluding carboxylic acids is 1. The Morgan fingerprint density at radius 2 is 1.78 bits per heavy atom. The molecule has 1 aromatic rings. The largest absolute Gasteiger partial charge is 0.490 e. The van der Waals surface area contributed by atoms with Gasteiger partial charge in [0.25, 0.3) is 0 Å². The standard InChI is InChI=1S/C18H29NO4/c1-4-22-16-10-9-15(14-17(16)23-5-2)11-13-19-12-7-6-8-18(20)21-3/h9-10,14,19H,4-8,11-13H2,1-3H3. The van der Waals surface area contributed by atoms with E-state index in [1.54, 1.807) is 0 Å². The number of ether oxygens (including phenoxy) is 3. The summed E-state index contributed by atoms with van der Waals surface area (Å²) in [5, 5.41) is 3.39. The summed E-state index contributed by atoms with van der Waals surface area (Å²) in [7, 11) is 1.42. The number of methoxy groups -OCH3 is 1. The molecule has 0 aliphatic rings. The van der Waals surface area contributed by atoms with Gasteiger partial charge in [-0.2, -0.15) is 0 Å². The summed E-state index contributed by atoms with van der Waals surface area (Å²) in [5.41, 5.74) is 1.22. The fourth-order valence-electron chi connectivity index (χ4n) is 2.23. The third-order valence-corrected chi connectivity index (χ3v) is 3.41. The second-order valence-electron chi connectivity index (χ2n) is 5.18. The average molecular weight is 323 g/mol. The minimum Gasteiger partial charge on any atom is -0.490 e. The Kier molecular flexibility index (Phi) is 9.87. The molecule has 23 heavy (non-hydrogen) atoms. The Balaban J connectivity index is 2.29. The molecule has 0 unspecified atom stereocenters. The van der Waals surface area contributed by atoms with Gasteiger partial charge in [-0.05, 0) is 63.9 Å². The van der Waals surface area contributed by atoms with Gasteiger partial charge in [0.05, 0.1) is 20.3 Å². The van der Waals surface area contributed by atoms with Crippen molar-refractivity contribution in [3.63, 3.8) is 0 Å². The molecule has 0 heterocycles. The van der Waals surface area contributed by atoms with E-state index in [9.17, 15) is 4.79 Å². The first kappa shape index (κ1) is 19.3. The van der Waals surface area contributed by atoms with Crippen molar-refractivity contribution in [1.29, 1.82) is 0 Å².